The lowest BCUT2D eigenvalue weighted by atomic mass is 9.83. The van der Waals surface area contributed by atoms with E-state index in [1.54, 1.807) is 7.11 Å². The van der Waals surface area contributed by atoms with Crippen LogP contribution in [0, 0.1) is 0 Å². The number of carbonyl (C=O) groups is 1. The Labute approximate surface area is 221 Å². The first-order chi connectivity index (χ1) is 17.0. The van der Waals surface area contributed by atoms with Gasteiger partial charge in [-0.3, -0.25) is 9.69 Å². The first-order valence-corrected chi connectivity index (χ1v) is 12.6. The van der Waals surface area contributed by atoms with Crippen LogP contribution in [0.2, 0.25) is 0 Å². The molecule has 1 saturated heterocycles. The fourth-order valence-corrected chi connectivity index (χ4v) is 4.71. The maximum atomic E-state index is 13.0. The van der Waals surface area contributed by atoms with Gasteiger partial charge in [0.2, 0.25) is 5.91 Å². The number of carbonyl (C=O) groups excluding carboxylic acids is 1. The summed E-state index contributed by atoms with van der Waals surface area (Å²) in [6, 6.07) is 23.5. The van der Waals surface area contributed by atoms with Gasteiger partial charge in [-0.2, -0.15) is 0 Å². The Balaban J connectivity index is 0.00000361. The van der Waals surface area contributed by atoms with Gasteiger partial charge in [-0.05, 0) is 66.3 Å². The van der Waals surface area contributed by atoms with Crippen molar-refractivity contribution in [1.29, 1.82) is 0 Å². The van der Waals surface area contributed by atoms with Gasteiger partial charge in [0.15, 0.2) is 0 Å². The molecule has 1 amide bonds. The van der Waals surface area contributed by atoms with Crippen molar-refractivity contribution >= 4 is 29.1 Å². The van der Waals surface area contributed by atoms with Crippen molar-refractivity contribution in [1.82, 2.24) is 10.2 Å². The van der Waals surface area contributed by atoms with Crippen LogP contribution in [0.4, 0.5) is 0 Å². The standard InChI is InChI=1S/C30H38N2O3.ClH/c1-30(2,27-7-5-4-6-8-27)29(33)31-28-13-15-32(16-14-28)21-23-9-11-25-12-10-24(20-26(25)19-23)22-35-18-17-34-3;/h4-12,19-20,28H,13-18,21-22H2,1-3H3,(H,31,33);1H. The maximum absolute atomic E-state index is 13.0. The molecule has 0 spiro atoms. The Kier molecular flexibility index (Phi) is 10.3. The van der Waals surface area contributed by atoms with Gasteiger partial charge in [-0.25, -0.2) is 0 Å². The Morgan fingerprint density at radius 1 is 0.944 bits per heavy atom. The van der Waals surface area contributed by atoms with Crippen LogP contribution in [0.5, 0.6) is 0 Å². The van der Waals surface area contributed by atoms with E-state index in [0.29, 0.717) is 19.8 Å². The molecule has 194 valence electrons. The van der Waals surface area contributed by atoms with Crippen molar-refractivity contribution in [3.63, 3.8) is 0 Å². The summed E-state index contributed by atoms with van der Waals surface area (Å²) < 4.78 is 10.7. The molecule has 1 aliphatic rings. The van der Waals surface area contributed by atoms with Gasteiger partial charge in [0, 0.05) is 32.8 Å². The highest BCUT2D eigenvalue weighted by molar-refractivity contribution is 5.87. The summed E-state index contributed by atoms with van der Waals surface area (Å²) in [5.41, 5.74) is 3.02. The summed E-state index contributed by atoms with van der Waals surface area (Å²) in [5.74, 6) is 0.110. The summed E-state index contributed by atoms with van der Waals surface area (Å²) in [7, 11) is 1.69. The summed E-state index contributed by atoms with van der Waals surface area (Å²) in [5, 5.41) is 5.81. The third-order valence-electron chi connectivity index (χ3n) is 7.06. The number of benzene rings is 3. The van der Waals surface area contributed by atoms with Crippen LogP contribution in [0.25, 0.3) is 10.8 Å². The fraction of sp³-hybridized carbons (Fsp3) is 0.433. The van der Waals surface area contributed by atoms with E-state index in [-0.39, 0.29) is 24.4 Å². The molecule has 5 nitrogen and oxygen atoms in total. The summed E-state index contributed by atoms with van der Waals surface area (Å²) in [4.78, 5) is 15.5. The Bertz CT molecular complexity index is 1110. The highest BCUT2D eigenvalue weighted by Gasteiger charge is 2.32. The topological polar surface area (TPSA) is 50.8 Å². The van der Waals surface area contributed by atoms with E-state index in [0.717, 1.165) is 38.0 Å². The van der Waals surface area contributed by atoms with Crippen LogP contribution in [0.1, 0.15) is 43.4 Å². The van der Waals surface area contributed by atoms with Crippen LogP contribution in [-0.2, 0) is 32.8 Å². The lowest BCUT2D eigenvalue weighted by Gasteiger charge is -2.34. The molecular formula is C30H39ClN2O3. The number of rotatable bonds is 10. The minimum Gasteiger partial charge on any atom is -0.382 e. The Morgan fingerprint density at radius 2 is 1.61 bits per heavy atom. The molecule has 1 heterocycles. The number of halogens is 1. The van der Waals surface area contributed by atoms with Gasteiger partial charge in [-0.15, -0.1) is 12.4 Å². The number of hydrogen-bond acceptors (Lipinski definition) is 4. The molecule has 0 aromatic heterocycles. The van der Waals surface area contributed by atoms with E-state index in [4.69, 9.17) is 9.47 Å². The number of nitrogens with one attached hydrogen (secondary N) is 1. The van der Waals surface area contributed by atoms with E-state index in [2.05, 4.69) is 46.6 Å². The molecule has 0 atom stereocenters. The molecule has 3 aromatic carbocycles. The average molecular weight is 511 g/mol. The monoisotopic (exact) mass is 510 g/mol. The average Bonchev–Trinajstić information content (AvgIpc) is 2.88. The van der Waals surface area contributed by atoms with Gasteiger partial charge in [-0.1, -0.05) is 54.6 Å². The number of likely N-dealkylation sites (tertiary alicyclic amines) is 1. The van der Waals surface area contributed by atoms with Gasteiger partial charge in [0.05, 0.1) is 25.2 Å². The van der Waals surface area contributed by atoms with Crippen LogP contribution in [0.3, 0.4) is 0 Å². The number of hydrogen-bond donors (Lipinski definition) is 1. The van der Waals surface area contributed by atoms with E-state index in [1.807, 2.05) is 44.2 Å². The summed E-state index contributed by atoms with van der Waals surface area (Å²) in [6.45, 7) is 8.74. The van der Waals surface area contributed by atoms with Crippen LogP contribution < -0.4 is 5.32 Å². The number of methoxy groups -OCH3 is 1. The molecule has 1 aliphatic heterocycles. The first kappa shape index (κ1) is 28.1. The number of piperidine rings is 1. The zero-order valence-electron chi connectivity index (χ0n) is 21.7. The molecule has 6 heteroatoms. The van der Waals surface area contributed by atoms with Crippen molar-refractivity contribution in [2.75, 3.05) is 33.4 Å². The number of fused-ring (bicyclic) bond motifs is 1. The zero-order chi connectivity index (χ0) is 24.7. The fourth-order valence-electron chi connectivity index (χ4n) is 4.71. The minimum absolute atomic E-state index is 0. The number of nitrogens with zero attached hydrogens (tertiary/aromatic N) is 1. The second-order valence-electron chi connectivity index (χ2n) is 10.1. The predicted molar refractivity (Wildman–Crippen MR) is 149 cm³/mol. The summed E-state index contributed by atoms with van der Waals surface area (Å²) >= 11 is 0. The lowest BCUT2D eigenvalue weighted by molar-refractivity contribution is -0.126. The van der Waals surface area contributed by atoms with Crippen molar-refractivity contribution < 1.29 is 14.3 Å². The van der Waals surface area contributed by atoms with Gasteiger partial charge in [0.25, 0.3) is 0 Å². The molecule has 3 aromatic rings. The summed E-state index contributed by atoms with van der Waals surface area (Å²) in [6.07, 6.45) is 1.96. The second kappa shape index (κ2) is 13.2. The number of ether oxygens (including phenoxy) is 2. The lowest BCUT2D eigenvalue weighted by Crippen LogP contribution is -2.49. The van der Waals surface area contributed by atoms with Crippen LogP contribution >= 0.6 is 12.4 Å². The molecule has 0 unspecified atom stereocenters. The van der Waals surface area contributed by atoms with Gasteiger partial charge in [0.1, 0.15) is 0 Å². The molecule has 4 rings (SSSR count). The van der Waals surface area contributed by atoms with Crippen molar-refractivity contribution in [3.05, 3.63) is 83.4 Å². The first-order valence-electron chi connectivity index (χ1n) is 12.6. The minimum atomic E-state index is -0.531. The molecule has 0 radical (unpaired) electrons. The quantitative estimate of drug-likeness (QED) is 0.367. The SMILES string of the molecule is COCCOCc1ccc2ccc(CN3CCC(NC(=O)C(C)(C)c4ccccc4)CC3)cc2c1.Cl. The van der Waals surface area contributed by atoms with Crippen LogP contribution in [-0.4, -0.2) is 50.3 Å². The van der Waals surface area contributed by atoms with Gasteiger partial charge >= 0.3 is 0 Å². The van der Waals surface area contributed by atoms with E-state index >= 15 is 0 Å². The normalized spacial score (nSPS) is 15.0. The molecular weight excluding hydrogens is 472 g/mol. The third-order valence-corrected chi connectivity index (χ3v) is 7.06. The van der Waals surface area contributed by atoms with E-state index in [1.165, 1.54) is 21.9 Å². The van der Waals surface area contributed by atoms with Crippen molar-refractivity contribution in [3.8, 4) is 0 Å². The third kappa shape index (κ3) is 7.30. The van der Waals surface area contributed by atoms with E-state index in [9.17, 15) is 4.79 Å². The number of amides is 1. The molecule has 36 heavy (non-hydrogen) atoms. The van der Waals surface area contributed by atoms with Gasteiger partial charge < -0.3 is 14.8 Å². The maximum Gasteiger partial charge on any atom is 0.230 e. The molecule has 0 aliphatic carbocycles. The molecule has 0 saturated carbocycles. The largest absolute Gasteiger partial charge is 0.382 e. The Hall–Kier alpha value is -2.44. The zero-order valence-corrected chi connectivity index (χ0v) is 22.5. The van der Waals surface area contributed by atoms with Crippen LogP contribution in [0.15, 0.2) is 66.7 Å². The highest BCUT2D eigenvalue weighted by atomic mass is 35.5. The molecule has 0 bridgehead atoms. The van der Waals surface area contributed by atoms with E-state index < -0.39 is 5.41 Å². The smallest absolute Gasteiger partial charge is 0.230 e. The van der Waals surface area contributed by atoms with Crippen molar-refractivity contribution in [2.24, 2.45) is 0 Å². The Morgan fingerprint density at radius 3 is 2.31 bits per heavy atom. The highest BCUT2D eigenvalue weighted by Crippen LogP contribution is 2.25. The van der Waals surface area contributed by atoms with Crippen molar-refractivity contribution in [2.45, 2.75) is 51.3 Å². The molecule has 1 fully saturated rings. The molecule has 1 N–H and O–H groups in total. The second-order valence-corrected chi connectivity index (χ2v) is 10.1. The predicted octanol–water partition coefficient (Wildman–Crippen LogP) is 5.48.